The highest BCUT2D eigenvalue weighted by Gasteiger charge is 2.27. The summed E-state index contributed by atoms with van der Waals surface area (Å²) in [7, 11) is 22.1. The number of nitrogens with zero attached hydrogens (tertiary/aromatic N) is 20. The third-order valence-electron chi connectivity index (χ3n) is 23.6. The topological polar surface area (TPSA) is 343 Å². The second-order valence-electron chi connectivity index (χ2n) is 30.8. The highest BCUT2D eigenvalue weighted by Crippen LogP contribution is 2.39. The summed E-state index contributed by atoms with van der Waals surface area (Å²) in [5, 5.41) is 0. The van der Waals surface area contributed by atoms with E-state index in [1.165, 1.54) is 46.5 Å². The van der Waals surface area contributed by atoms with E-state index in [2.05, 4.69) is 75.0 Å². The molecule has 0 aliphatic heterocycles. The minimum absolute atomic E-state index is 0.326. The van der Waals surface area contributed by atoms with Gasteiger partial charge in [-0.15, -0.1) is 0 Å². The molecule has 12 rings (SSSR count). The Hall–Kier alpha value is -12.5. The van der Waals surface area contributed by atoms with Crippen molar-refractivity contribution in [2.45, 2.75) is 128 Å². The molecule has 37 heteroatoms. The monoisotopic (exact) mass is 1790 g/mol. The van der Waals surface area contributed by atoms with E-state index >= 15 is 0 Å². The molecule has 702 valence electrons. The van der Waals surface area contributed by atoms with Crippen molar-refractivity contribution < 1.29 is 42.6 Å². The van der Waals surface area contributed by atoms with Gasteiger partial charge in [0.25, 0.3) is 22.2 Å². The van der Waals surface area contributed by atoms with Crippen LogP contribution in [0.3, 0.4) is 0 Å². The summed E-state index contributed by atoms with van der Waals surface area (Å²) in [5.41, 5.74) is 4.32. The predicted molar refractivity (Wildman–Crippen MR) is 502 cm³/mol. The number of aryl methyl sites for hydroxylation is 4. The van der Waals surface area contributed by atoms with E-state index in [9.17, 15) is 38.4 Å². The fourth-order valence-corrected chi connectivity index (χ4v) is 15.9. The van der Waals surface area contributed by atoms with Crippen molar-refractivity contribution in [3.05, 3.63) is 196 Å². The van der Waals surface area contributed by atoms with Crippen LogP contribution in [-0.4, -0.2) is 235 Å². The van der Waals surface area contributed by atoms with Crippen LogP contribution in [0.15, 0.2) is 105 Å². The first kappa shape index (κ1) is 100. The normalized spacial score (nSPS) is 11.4. The van der Waals surface area contributed by atoms with Gasteiger partial charge in [0, 0.05) is 134 Å². The second kappa shape index (κ2) is 46.0. The van der Waals surface area contributed by atoms with E-state index in [0.717, 1.165) is 137 Å². The van der Waals surface area contributed by atoms with Crippen LogP contribution < -0.4 is 87.6 Å². The molecule has 8 heterocycles. The van der Waals surface area contributed by atoms with Crippen molar-refractivity contribution in [1.82, 2.24) is 94.3 Å². The lowest BCUT2D eigenvalue weighted by atomic mass is 10.1. The zero-order valence-electron chi connectivity index (χ0n) is 80.0. The Labute approximate surface area is 750 Å². The average molecular weight is 1790 g/mol. The molecule has 0 aliphatic carbocycles. The first-order valence-corrected chi connectivity index (χ1v) is 44.1. The van der Waals surface area contributed by atoms with Crippen molar-refractivity contribution in [3.8, 4) is 51.7 Å². The minimum atomic E-state index is -0.403. The quantitative estimate of drug-likeness (QED) is 0.0385. The lowest BCUT2D eigenvalue weighted by Gasteiger charge is -2.19. The van der Waals surface area contributed by atoms with E-state index in [4.69, 9.17) is 62.6 Å². The van der Waals surface area contributed by atoms with E-state index in [-0.39, 0.29) is 39.3 Å². The fraction of sp³-hybridized carbons (Fsp3) is 0.522. The zero-order chi connectivity index (χ0) is 94.5. The van der Waals surface area contributed by atoms with Crippen molar-refractivity contribution in [2.75, 3.05) is 141 Å². The molecule has 0 aliphatic rings. The van der Waals surface area contributed by atoms with E-state index in [1.54, 1.807) is 70.8 Å². The predicted octanol–water partition coefficient (Wildman–Crippen LogP) is 6.71. The Bertz CT molecular complexity index is 6370. The number of imidazole rings is 4. The molecule has 0 saturated heterocycles. The summed E-state index contributed by atoms with van der Waals surface area (Å²) in [6.07, 6.45) is 1.90. The number of aromatic nitrogens is 16. The molecule has 0 N–H and O–H groups in total. The Morgan fingerprint density at radius 2 is 0.488 bits per heavy atom. The number of likely N-dealkylation sites (N-methyl/N-ethyl adjacent to an activating group) is 4. The summed E-state index contributed by atoms with van der Waals surface area (Å²) >= 11 is 0. The third-order valence-corrected chi connectivity index (χ3v) is 23.6. The van der Waals surface area contributed by atoms with Gasteiger partial charge in [-0.25, -0.2) is 39.1 Å². The standard InChI is InChI=1S/C24H35N5O4.C23H33N5O5.C23H33N5O4.C22H31N5O4/c1-7-28(8-2)13-14-29-20(25-22-21(29)23(30)27(6)24(31)26(22)5)16-17-11-12-18(32-9-3)19(15-17)33-10-4;1-8-27(9-2)10-11-28-18(24-21-19(28)22(29)26(4)23(30)25(21)3)14-15-12-16(31-5)20(33-7)17(13-15)32-6;1-7-27(8-2)12-13-28-19(15-16-10-11-17(32-9-3)18(14-16)31-6)24-21-20(28)22(29)26(5)23(30)25(21)4;1-7-26(8-2)11-12-27-18(14-15-9-10-16(30-5)17(13-15)31-6)23-20-19(27)21(28)25(4)22(29)24(20)3/h11-12,15H,7-10,13-14,16H2,1-6H3;12-13H,8-11,14H2,1-7H3;10-11,14H,7-9,12-13,15H2,1-6H3;9-10,13H,7-8,11-12,14H2,1-6H3. The first-order valence-electron chi connectivity index (χ1n) is 44.1. The van der Waals surface area contributed by atoms with Gasteiger partial charge in [-0.2, -0.15) is 0 Å². The highest BCUT2D eigenvalue weighted by atomic mass is 16.5. The van der Waals surface area contributed by atoms with Gasteiger partial charge in [0.2, 0.25) is 5.75 Å². The van der Waals surface area contributed by atoms with Gasteiger partial charge in [-0.1, -0.05) is 73.6 Å². The van der Waals surface area contributed by atoms with Crippen LogP contribution in [0.5, 0.6) is 51.7 Å². The molecule has 0 spiro atoms. The van der Waals surface area contributed by atoms with Crippen molar-refractivity contribution in [3.63, 3.8) is 0 Å². The molecule has 129 heavy (non-hydrogen) atoms. The third kappa shape index (κ3) is 22.1. The Balaban J connectivity index is 0.000000194. The Kier molecular flexibility index (Phi) is 35.7. The maximum absolute atomic E-state index is 13.1. The van der Waals surface area contributed by atoms with Crippen LogP contribution >= 0.6 is 0 Å². The molecule has 37 nitrogen and oxygen atoms in total. The van der Waals surface area contributed by atoms with Gasteiger partial charge in [0.05, 0.1) is 62.5 Å². The van der Waals surface area contributed by atoms with Crippen LogP contribution in [0.4, 0.5) is 0 Å². The van der Waals surface area contributed by atoms with Crippen molar-refractivity contribution in [1.29, 1.82) is 0 Å². The molecule has 0 bridgehead atoms. The van der Waals surface area contributed by atoms with E-state index in [0.29, 0.717) is 174 Å². The van der Waals surface area contributed by atoms with Crippen LogP contribution in [-0.2, 0) is 108 Å². The van der Waals surface area contributed by atoms with Crippen LogP contribution in [0.25, 0.3) is 44.7 Å². The molecule has 0 fully saturated rings. The number of fused-ring (bicyclic) bond motifs is 4. The molecule has 0 atom stereocenters. The number of ether oxygens (including phenoxy) is 9. The molecule has 12 aromatic rings. The Morgan fingerprint density at radius 3 is 0.736 bits per heavy atom. The van der Waals surface area contributed by atoms with Gasteiger partial charge < -0.3 is 80.5 Å². The maximum atomic E-state index is 13.1. The lowest BCUT2D eigenvalue weighted by molar-refractivity contribution is 0.287. The van der Waals surface area contributed by atoms with Gasteiger partial charge in [0.1, 0.15) is 23.3 Å². The summed E-state index contributed by atoms with van der Waals surface area (Å²) in [6, 6.07) is 21.1. The summed E-state index contributed by atoms with van der Waals surface area (Å²) in [6.45, 7) is 37.2. The number of rotatable bonds is 40. The lowest BCUT2D eigenvalue weighted by Crippen LogP contribution is -2.38. The maximum Gasteiger partial charge on any atom is 0.332 e. The molecule has 0 saturated carbocycles. The summed E-state index contributed by atoms with van der Waals surface area (Å²) < 4.78 is 67.8. The molecular formula is C92H132N20O17. The fourth-order valence-electron chi connectivity index (χ4n) is 15.9. The molecule has 0 unspecified atom stereocenters. The molecule has 8 aromatic heterocycles. The largest absolute Gasteiger partial charge is 0.493 e. The number of hydrogen-bond donors (Lipinski definition) is 0. The van der Waals surface area contributed by atoms with E-state index < -0.39 is 5.69 Å². The average Bonchev–Trinajstić information content (AvgIpc) is 1.62. The second-order valence-corrected chi connectivity index (χ2v) is 30.8. The zero-order valence-corrected chi connectivity index (χ0v) is 80.0. The van der Waals surface area contributed by atoms with Crippen molar-refractivity contribution in [2.24, 2.45) is 56.4 Å². The summed E-state index contributed by atoms with van der Waals surface area (Å²) in [5.74, 6) is 8.49. The molecular weight excluding hydrogens is 1660 g/mol. The van der Waals surface area contributed by atoms with Crippen LogP contribution in [0, 0.1) is 0 Å². The van der Waals surface area contributed by atoms with Gasteiger partial charge in [0.15, 0.2) is 90.7 Å². The summed E-state index contributed by atoms with van der Waals surface area (Å²) in [4.78, 5) is 130. The van der Waals surface area contributed by atoms with Crippen molar-refractivity contribution >= 4 is 44.7 Å². The van der Waals surface area contributed by atoms with Gasteiger partial charge in [-0.3, -0.25) is 55.7 Å². The number of benzene rings is 4. The molecule has 0 radical (unpaired) electrons. The van der Waals surface area contributed by atoms with Crippen LogP contribution in [0.1, 0.15) is 122 Å². The number of methoxy groups -OCH3 is 6. The van der Waals surface area contributed by atoms with Gasteiger partial charge >= 0.3 is 22.8 Å². The molecule has 0 amide bonds. The number of hydrogen-bond acceptors (Lipinski definition) is 25. The van der Waals surface area contributed by atoms with Crippen LogP contribution in [0.2, 0.25) is 0 Å². The van der Waals surface area contributed by atoms with Gasteiger partial charge in [-0.05, 0) is 144 Å². The van der Waals surface area contributed by atoms with E-state index in [1.807, 2.05) is 106 Å². The SMILES string of the molecule is CCN(CC)CCn1c(Cc2cc(OC)c(OC)c(OC)c2)nc2c1c(=O)n(C)c(=O)n2C.CCN(CC)CCn1c(Cc2ccc(OC)c(OC)c2)nc2c1c(=O)n(C)c(=O)n2C.CCOc1ccc(Cc2nc3c(c(=O)n(C)c(=O)n3C)n2CCN(CC)CC)cc1OC.CCOc1ccc(Cc2nc3c(c(=O)n(C)c(=O)n3C)n2CCN(CC)CC)cc1OCC. The first-order chi connectivity index (χ1) is 61.9. The molecule has 4 aromatic carbocycles. The highest BCUT2D eigenvalue weighted by molar-refractivity contribution is 5.74. The Morgan fingerprint density at radius 1 is 0.264 bits per heavy atom. The smallest absolute Gasteiger partial charge is 0.332 e. The minimum Gasteiger partial charge on any atom is -0.493 e.